The SMILES string of the molecule is COCCC(C)C(=O)NCCC(O)C(C)C. The topological polar surface area (TPSA) is 58.6 Å². The third-order valence-corrected chi connectivity index (χ3v) is 2.71. The van der Waals surface area contributed by atoms with Gasteiger partial charge in [-0.1, -0.05) is 20.8 Å². The number of hydrogen-bond acceptors (Lipinski definition) is 3. The predicted molar refractivity (Wildman–Crippen MR) is 64.1 cm³/mol. The van der Waals surface area contributed by atoms with E-state index >= 15 is 0 Å². The molecule has 0 aromatic heterocycles. The van der Waals surface area contributed by atoms with Gasteiger partial charge in [-0.2, -0.15) is 0 Å². The molecule has 0 spiro atoms. The van der Waals surface area contributed by atoms with Crippen LogP contribution < -0.4 is 5.32 Å². The number of carbonyl (C=O) groups is 1. The zero-order chi connectivity index (χ0) is 12.6. The van der Waals surface area contributed by atoms with Gasteiger partial charge >= 0.3 is 0 Å². The van der Waals surface area contributed by atoms with E-state index in [9.17, 15) is 9.90 Å². The molecule has 2 unspecified atom stereocenters. The number of aliphatic hydroxyl groups is 1. The maximum absolute atomic E-state index is 11.6. The quantitative estimate of drug-likeness (QED) is 0.659. The van der Waals surface area contributed by atoms with Crippen molar-refractivity contribution >= 4 is 5.91 Å². The standard InChI is InChI=1S/C12H25NO3/c1-9(2)11(14)5-7-13-12(15)10(3)6-8-16-4/h9-11,14H,5-8H2,1-4H3,(H,13,15). The highest BCUT2D eigenvalue weighted by molar-refractivity contribution is 5.78. The summed E-state index contributed by atoms with van der Waals surface area (Å²) in [5.74, 6) is 0.243. The van der Waals surface area contributed by atoms with Crippen molar-refractivity contribution in [2.24, 2.45) is 11.8 Å². The Labute approximate surface area is 98.4 Å². The summed E-state index contributed by atoms with van der Waals surface area (Å²) in [6.45, 7) is 6.95. The summed E-state index contributed by atoms with van der Waals surface area (Å²) >= 11 is 0. The average Bonchev–Trinajstić information content (AvgIpc) is 2.25. The van der Waals surface area contributed by atoms with Crippen molar-refractivity contribution in [3.63, 3.8) is 0 Å². The van der Waals surface area contributed by atoms with Gasteiger partial charge in [-0.25, -0.2) is 0 Å². The molecule has 0 aromatic carbocycles. The molecular weight excluding hydrogens is 206 g/mol. The van der Waals surface area contributed by atoms with Crippen molar-refractivity contribution in [3.05, 3.63) is 0 Å². The van der Waals surface area contributed by atoms with Crippen LogP contribution >= 0.6 is 0 Å². The number of carbonyl (C=O) groups excluding carboxylic acids is 1. The van der Waals surface area contributed by atoms with Crippen LogP contribution in [0.25, 0.3) is 0 Å². The maximum atomic E-state index is 11.6. The van der Waals surface area contributed by atoms with Gasteiger partial charge in [0.2, 0.25) is 5.91 Å². The van der Waals surface area contributed by atoms with E-state index in [0.717, 1.165) is 6.42 Å². The highest BCUT2D eigenvalue weighted by atomic mass is 16.5. The minimum Gasteiger partial charge on any atom is -0.393 e. The lowest BCUT2D eigenvalue weighted by Crippen LogP contribution is -2.33. The summed E-state index contributed by atoms with van der Waals surface area (Å²) in [4.78, 5) is 11.6. The zero-order valence-corrected chi connectivity index (χ0v) is 10.8. The zero-order valence-electron chi connectivity index (χ0n) is 10.8. The Balaban J connectivity index is 3.64. The summed E-state index contributed by atoms with van der Waals surface area (Å²) in [5.41, 5.74) is 0. The van der Waals surface area contributed by atoms with Crippen molar-refractivity contribution in [2.75, 3.05) is 20.3 Å². The second kappa shape index (κ2) is 8.53. The maximum Gasteiger partial charge on any atom is 0.222 e. The van der Waals surface area contributed by atoms with Gasteiger partial charge < -0.3 is 15.2 Å². The van der Waals surface area contributed by atoms with Crippen molar-refractivity contribution in [3.8, 4) is 0 Å². The average molecular weight is 231 g/mol. The van der Waals surface area contributed by atoms with E-state index in [4.69, 9.17) is 4.74 Å². The first-order valence-electron chi connectivity index (χ1n) is 5.93. The van der Waals surface area contributed by atoms with E-state index in [0.29, 0.717) is 19.6 Å². The Morgan fingerprint density at radius 1 is 1.31 bits per heavy atom. The van der Waals surface area contributed by atoms with Gasteiger partial charge in [-0.05, 0) is 18.8 Å². The van der Waals surface area contributed by atoms with Crippen LogP contribution in [0, 0.1) is 11.8 Å². The van der Waals surface area contributed by atoms with Crippen LogP contribution in [0.5, 0.6) is 0 Å². The summed E-state index contributed by atoms with van der Waals surface area (Å²) in [5, 5.41) is 12.4. The lowest BCUT2D eigenvalue weighted by molar-refractivity contribution is -0.125. The Morgan fingerprint density at radius 3 is 2.44 bits per heavy atom. The number of aliphatic hydroxyl groups excluding tert-OH is 1. The van der Waals surface area contributed by atoms with Crippen molar-refractivity contribution < 1.29 is 14.6 Å². The Bertz CT molecular complexity index is 195. The molecule has 4 heteroatoms. The van der Waals surface area contributed by atoms with E-state index < -0.39 is 0 Å². The van der Waals surface area contributed by atoms with Crippen LogP contribution in [-0.4, -0.2) is 37.4 Å². The molecule has 0 saturated carbocycles. The number of rotatable bonds is 8. The van der Waals surface area contributed by atoms with Crippen LogP contribution in [0.15, 0.2) is 0 Å². The first-order valence-corrected chi connectivity index (χ1v) is 5.93. The molecule has 1 amide bonds. The predicted octanol–water partition coefficient (Wildman–Crippen LogP) is 1.18. The third-order valence-electron chi connectivity index (χ3n) is 2.71. The van der Waals surface area contributed by atoms with E-state index in [1.54, 1.807) is 7.11 Å². The molecule has 0 bridgehead atoms. The van der Waals surface area contributed by atoms with Gasteiger partial charge in [0.05, 0.1) is 6.10 Å². The molecule has 96 valence electrons. The largest absolute Gasteiger partial charge is 0.393 e. The molecular formula is C12H25NO3. The fourth-order valence-electron chi connectivity index (χ4n) is 1.28. The number of hydrogen-bond donors (Lipinski definition) is 2. The Kier molecular flexibility index (Phi) is 8.21. The van der Waals surface area contributed by atoms with Gasteiger partial charge in [-0.3, -0.25) is 4.79 Å². The molecule has 0 radical (unpaired) electrons. The normalized spacial score (nSPS) is 14.9. The summed E-state index contributed by atoms with van der Waals surface area (Å²) in [6, 6.07) is 0. The fraction of sp³-hybridized carbons (Fsp3) is 0.917. The van der Waals surface area contributed by atoms with Gasteiger partial charge in [-0.15, -0.1) is 0 Å². The first kappa shape index (κ1) is 15.4. The molecule has 0 aliphatic carbocycles. The van der Waals surface area contributed by atoms with Crippen LogP contribution in [0.1, 0.15) is 33.6 Å². The van der Waals surface area contributed by atoms with Crippen molar-refractivity contribution in [2.45, 2.75) is 39.7 Å². The van der Waals surface area contributed by atoms with Gasteiger partial charge in [0.15, 0.2) is 0 Å². The number of methoxy groups -OCH3 is 1. The molecule has 16 heavy (non-hydrogen) atoms. The van der Waals surface area contributed by atoms with Crippen LogP contribution in [0.2, 0.25) is 0 Å². The van der Waals surface area contributed by atoms with E-state index in [2.05, 4.69) is 5.32 Å². The molecule has 0 heterocycles. The minimum atomic E-state index is -0.338. The second-order valence-corrected chi connectivity index (χ2v) is 4.57. The fourth-order valence-corrected chi connectivity index (χ4v) is 1.28. The molecule has 0 aliphatic rings. The molecule has 0 aliphatic heterocycles. The highest BCUT2D eigenvalue weighted by Gasteiger charge is 2.13. The molecule has 2 atom stereocenters. The van der Waals surface area contributed by atoms with Crippen LogP contribution in [-0.2, 0) is 9.53 Å². The highest BCUT2D eigenvalue weighted by Crippen LogP contribution is 2.05. The summed E-state index contributed by atoms with van der Waals surface area (Å²) in [6.07, 6.45) is 1.00. The molecule has 0 fully saturated rings. The van der Waals surface area contributed by atoms with Crippen LogP contribution in [0.3, 0.4) is 0 Å². The Hall–Kier alpha value is -0.610. The van der Waals surface area contributed by atoms with Gasteiger partial charge in [0, 0.05) is 26.2 Å². The molecule has 0 rings (SSSR count). The van der Waals surface area contributed by atoms with Crippen molar-refractivity contribution in [1.82, 2.24) is 5.32 Å². The van der Waals surface area contributed by atoms with E-state index in [-0.39, 0.29) is 23.8 Å². The van der Waals surface area contributed by atoms with Gasteiger partial charge in [0.25, 0.3) is 0 Å². The van der Waals surface area contributed by atoms with Crippen LogP contribution in [0.4, 0.5) is 0 Å². The lowest BCUT2D eigenvalue weighted by atomic mass is 10.0. The number of nitrogens with one attached hydrogen (secondary N) is 1. The number of ether oxygens (including phenoxy) is 1. The summed E-state index contributed by atoms with van der Waals surface area (Å²) in [7, 11) is 1.63. The first-order chi connectivity index (χ1) is 7.49. The molecule has 0 aromatic rings. The Morgan fingerprint density at radius 2 is 1.94 bits per heavy atom. The third kappa shape index (κ3) is 6.80. The minimum absolute atomic E-state index is 0.0313. The van der Waals surface area contributed by atoms with Crippen molar-refractivity contribution in [1.29, 1.82) is 0 Å². The van der Waals surface area contributed by atoms with Gasteiger partial charge in [0.1, 0.15) is 0 Å². The van der Waals surface area contributed by atoms with E-state index in [1.807, 2.05) is 20.8 Å². The molecule has 2 N–H and O–H groups in total. The number of amides is 1. The molecule has 4 nitrogen and oxygen atoms in total. The second-order valence-electron chi connectivity index (χ2n) is 4.57. The monoisotopic (exact) mass is 231 g/mol. The smallest absolute Gasteiger partial charge is 0.222 e. The molecule has 0 saturated heterocycles. The summed E-state index contributed by atoms with van der Waals surface area (Å²) < 4.78 is 4.92. The van der Waals surface area contributed by atoms with E-state index in [1.165, 1.54) is 0 Å². The lowest BCUT2D eigenvalue weighted by Gasteiger charge is -2.16.